The second-order valence-corrected chi connectivity index (χ2v) is 9.91. The van der Waals surface area contributed by atoms with E-state index in [9.17, 15) is 18.0 Å². The fourth-order valence-electron chi connectivity index (χ4n) is 5.38. The van der Waals surface area contributed by atoms with Crippen molar-refractivity contribution in [1.82, 2.24) is 9.61 Å². The van der Waals surface area contributed by atoms with Gasteiger partial charge in [-0.1, -0.05) is 30.3 Å². The number of nitrogens with zero attached hydrogens (tertiary/aromatic N) is 3. The Morgan fingerprint density at radius 3 is 2.34 bits per heavy atom. The van der Waals surface area contributed by atoms with E-state index in [0.29, 0.717) is 24.3 Å². The number of aromatic nitrogens is 2. The molecule has 0 spiro atoms. The molecule has 0 unspecified atom stereocenters. The van der Waals surface area contributed by atoms with E-state index < -0.39 is 6.36 Å². The molecule has 0 amide bonds. The van der Waals surface area contributed by atoms with E-state index in [2.05, 4.69) is 39.0 Å². The smallest absolute Gasteiger partial charge is 0.406 e. The molecule has 198 valence electrons. The summed E-state index contributed by atoms with van der Waals surface area (Å²) in [5.74, 6) is 0.226. The topological polar surface area (TPSA) is 46.8 Å². The van der Waals surface area contributed by atoms with Gasteiger partial charge in [0.2, 0.25) is 0 Å². The van der Waals surface area contributed by atoms with Crippen LogP contribution in [0.1, 0.15) is 57.9 Å². The molecule has 1 saturated heterocycles. The fourth-order valence-corrected chi connectivity index (χ4v) is 5.38. The van der Waals surface area contributed by atoms with Crippen molar-refractivity contribution >= 4 is 17.0 Å². The van der Waals surface area contributed by atoms with E-state index in [4.69, 9.17) is 0 Å². The van der Waals surface area contributed by atoms with E-state index in [1.54, 1.807) is 16.6 Å². The Morgan fingerprint density at radius 2 is 1.68 bits per heavy atom. The quantitative estimate of drug-likeness (QED) is 0.245. The molecule has 5 rings (SSSR count). The number of hydrogen-bond donors (Lipinski definition) is 0. The molecule has 1 aliphatic rings. The van der Waals surface area contributed by atoms with Crippen LogP contribution in [0.25, 0.3) is 5.52 Å². The molecule has 2 aromatic carbocycles. The van der Waals surface area contributed by atoms with Crippen molar-refractivity contribution in [3.63, 3.8) is 0 Å². The standard InChI is InChI=1S/C30H30F3N3O2/c1-20-4-3-17-36-29(20)28(21(2)34-36)27(37)14-7-22-5-10-25(11-6-22)35-18-15-24(16-19-35)23-8-12-26(13-9-23)38-30(31,32)33/h3-6,8-13,17,24H,7,14-16,18-19H2,1-2H3. The normalized spacial score (nSPS) is 14.7. The number of aryl methyl sites for hydroxylation is 3. The second kappa shape index (κ2) is 10.5. The molecule has 4 aromatic rings. The fraction of sp³-hybridized carbons (Fsp3) is 0.333. The summed E-state index contributed by atoms with van der Waals surface area (Å²) in [5, 5.41) is 4.50. The third-order valence-corrected chi connectivity index (χ3v) is 7.33. The lowest BCUT2D eigenvalue weighted by molar-refractivity contribution is -0.274. The summed E-state index contributed by atoms with van der Waals surface area (Å²) in [6.45, 7) is 5.63. The summed E-state index contributed by atoms with van der Waals surface area (Å²) >= 11 is 0. The molecule has 0 bridgehead atoms. The van der Waals surface area contributed by atoms with Gasteiger partial charge in [-0.3, -0.25) is 4.79 Å². The van der Waals surface area contributed by atoms with Gasteiger partial charge in [-0.25, -0.2) is 4.52 Å². The number of hydrogen-bond acceptors (Lipinski definition) is 4. The number of rotatable bonds is 7. The van der Waals surface area contributed by atoms with Gasteiger partial charge in [-0.15, -0.1) is 13.2 Å². The molecular formula is C30H30F3N3O2. The first-order valence-corrected chi connectivity index (χ1v) is 12.9. The van der Waals surface area contributed by atoms with Crippen molar-refractivity contribution in [3.8, 4) is 5.75 Å². The highest BCUT2D eigenvalue weighted by molar-refractivity contribution is 6.04. The number of benzene rings is 2. The average Bonchev–Trinajstić information content (AvgIpc) is 3.24. The third-order valence-electron chi connectivity index (χ3n) is 7.33. The first-order valence-electron chi connectivity index (χ1n) is 12.9. The van der Waals surface area contributed by atoms with Gasteiger partial charge >= 0.3 is 6.36 Å². The summed E-state index contributed by atoms with van der Waals surface area (Å²) in [5.41, 5.74) is 6.69. The molecule has 3 heterocycles. The number of piperidine rings is 1. The van der Waals surface area contributed by atoms with Gasteiger partial charge < -0.3 is 9.64 Å². The number of carbonyl (C=O) groups excluding carboxylic acids is 1. The number of ketones is 1. The van der Waals surface area contributed by atoms with Crippen LogP contribution in [0, 0.1) is 13.8 Å². The lowest BCUT2D eigenvalue weighted by Gasteiger charge is -2.34. The highest BCUT2D eigenvalue weighted by Gasteiger charge is 2.31. The largest absolute Gasteiger partial charge is 0.573 e. The predicted octanol–water partition coefficient (Wildman–Crippen LogP) is 7.05. The SMILES string of the molecule is Cc1nn2cccc(C)c2c1C(=O)CCc1ccc(N2CCC(c3ccc(OC(F)(F)F)cc3)CC2)cc1. The molecule has 0 N–H and O–H groups in total. The van der Waals surface area contributed by atoms with E-state index in [1.807, 2.05) is 32.2 Å². The minimum absolute atomic E-state index is 0.107. The second-order valence-electron chi connectivity index (χ2n) is 9.91. The van der Waals surface area contributed by atoms with Crippen molar-refractivity contribution in [3.05, 3.63) is 94.8 Å². The minimum Gasteiger partial charge on any atom is -0.406 e. The van der Waals surface area contributed by atoms with Crippen LogP contribution in [-0.2, 0) is 6.42 Å². The van der Waals surface area contributed by atoms with Crippen LogP contribution >= 0.6 is 0 Å². The Kier molecular flexibility index (Phi) is 7.15. The van der Waals surface area contributed by atoms with Crippen LogP contribution in [-0.4, -0.2) is 34.8 Å². The van der Waals surface area contributed by atoms with Gasteiger partial charge in [0, 0.05) is 31.4 Å². The van der Waals surface area contributed by atoms with Crippen molar-refractivity contribution < 1.29 is 22.7 Å². The maximum atomic E-state index is 13.1. The third kappa shape index (κ3) is 5.69. The number of ether oxygens (including phenoxy) is 1. The monoisotopic (exact) mass is 521 g/mol. The van der Waals surface area contributed by atoms with Crippen LogP contribution < -0.4 is 9.64 Å². The van der Waals surface area contributed by atoms with Gasteiger partial charge in [0.25, 0.3) is 0 Å². The molecule has 1 aliphatic heterocycles. The Hall–Kier alpha value is -3.81. The average molecular weight is 522 g/mol. The molecule has 2 aromatic heterocycles. The molecule has 0 radical (unpaired) electrons. The summed E-state index contributed by atoms with van der Waals surface area (Å²) in [4.78, 5) is 15.4. The first kappa shape index (κ1) is 25.8. The van der Waals surface area contributed by atoms with Gasteiger partial charge in [0.1, 0.15) is 5.75 Å². The summed E-state index contributed by atoms with van der Waals surface area (Å²) < 4.78 is 42.9. The highest BCUT2D eigenvalue weighted by atomic mass is 19.4. The first-order chi connectivity index (χ1) is 18.2. The number of Topliss-reactive ketones (excluding diaryl/α,β-unsaturated/α-hetero) is 1. The van der Waals surface area contributed by atoms with Crippen LogP contribution in [0.15, 0.2) is 66.9 Å². The van der Waals surface area contributed by atoms with Gasteiger partial charge in [-0.2, -0.15) is 5.10 Å². The minimum atomic E-state index is -4.68. The molecule has 5 nitrogen and oxygen atoms in total. The van der Waals surface area contributed by atoms with Gasteiger partial charge in [0.05, 0.1) is 16.8 Å². The summed E-state index contributed by atoms with van der Waals surface area (Å²) in [6, 6.07) is 18.5. The molecule has 1 fully saturated rings. The maximum absolute atomic E-state index is 13.1. The van der Waals surface area contributed by atoms with Gasteiger partial charge in [0.15, 0.2) is 5.78 Å². The number of fused-ring (bicyclic) bond motifs is 1. The maximum Gasteiger partial charge on any atom is 0.573 e. The molecule has 0 saturated carbocycles. The number of anilines is 1. The van der Waals surface area contributed by atoms with Crippen molar-refractivity contribution in [2.45, 2.75) is 51.8 Å². The zero-order valence-electron chi connectivity index (χ0n) is 21.5. The molecular weight excluding hydrogens is 491 g/mol. The Morgan fingerprint density at radius 1 is 1.00 bits per heavy atom. The zero-order valence-corrected chi connectivity index (χ0v) is 21.5. The van der Waals surface area contributed by atoms with Crippen molar-refractivity contribution in [1.29, 1.82) is 0 Å². The van der Waals surface area contributed by atoms with Crippen molar-refractivity contribution in [2.75, 3.05) is 18.0 Å². The lowest BCUT2D eigenvalue weighted by atomic mass is 9.89. The van der Waals surface area contributed by atoms with Crippen LogP contribution in [0.3, 0.4) is 0 Å². The van der Waals surface area contributed by atoms with E-state index in [-0.39, 0.29) is 11.5 Å². The van der Waals surface area contributed by atoms with Gasteiger partial charge in [-0.05, 0) is 86.1 Å². The summed E-state index contributed by atoms with van der Waals surface area (Å²) in [6.07, 6.45) is 0.135. The predicted molar refractivity (Wildman–Crippen MR) is 141 cm³/mol. The summed E-state index contributed by atoms with van der Waals surface area (Å²) in [7, 11) is 0. The molecule has 0 atom stereocenters. The molecule has 8 heteroatoms. The Balaban J connectivity index is 1.15. The van der Waals surface area contributed by atoms with E-state index >= 15 is 0 Å². The van der Waals surface area contributed by atoms with Crippen LogP contribution in [0.4, 0.5) is 18.9 Å². The lowest BCUT2D eigenvalue weighted by Crippen LogP contribution is -2.32. The van der Waals surface area contributed by atoms with Crippen LogP contribution in [0.2, 0.25) is 0 Å². The van der Waals surface area contributed by atoms with Crippen LogP contribution in [0.5, 0.6) is 5.75 Å². The van der Waals surface area contributed by atoms with Crippen molar-refractivity contribution in [2.24, 2.45) is 0 Å². The number of pyridine rings is 1. The van der Waals surface area contributed by atoms with E-state index in [1.165, 1.54) is 12.1 Å². The number of alkyl halides is 3. The Labute approximate surface area is 219 Å². The molecule has 38 heavy (non-hydrogen) atoms. The van der Waals surface area contributed by atoms with E-state index in [0.717, 1.165) is 59.5 Å². The molecule has 0 aliphatic carbocycles. The highest BCUT2D eigenvalue weighted by Crippen LogP contribution is 2.32. The zero-order chi connectivity index (χ0) is 26.9. The Bertz CT molecular complexity index is 1420. The number of carbonyl (C=O) groups is 1. The number of halogens is 3.